The first-order valence-corrected chi connectivity index (χ1v) is 8.38. The van der Waals surface area contributed by atoms with Gasteiger partial charge in [-0.2, -0.15) is 0 Å². The molecule has 0 aliphatic carbocycles. The number of rotatable bonds is 4. The molecule has 0 spiro atoms. The molecular weight excluding hydrogens is 372 g/mol. The van der Waals surface area contributed by atoms with Gasteiger partial charge in [0.1, 0.15) is 16.5 Å². The Morgan fingerprint density at radius 1 is 1.41 bits per heavy atom. The van der Waals surface area contributed by atoms with Crippen molar-refractivity contribution in [1.29, 1.82) is 0 Å². The van der Waals surface area contributed by atoms with Crippen molar-refractivity contribution < 1.29 is 14.3 Å². The number of hydrogen-bond acceptors (Lipinski definition) is 5. The summed E-state index contributed by atoms with van der Waals surface area (Å²) in [6.07, 6.45) is 2.83. The summed E-state index contributed by atoms with van der Waals surface area (Å²) in [7, 11) is 0. The number of nitrogens with zero attached hydrogens (tertiary/aromatic N) is 2. The molecule has 0 saturated carbocycles. The first kappa shape index (κ1) is 17.5. The van der Waals surface area contributed by atoms with E-state index in [1.54, 1.807) is 6.07 Å². The zero-order chi connectivity index (χ0) is 16.3. The smallest absolute Gasteiger partial charge is 0.363 e. The molecule has 22 heavy (non-hydrogen) atoms. The fraction of sp³-hybridized carbons (Fsp3) is 0.600. The van der Waals surface area contributed by atoms with E-state index in [0.29, 0.717) is 15.4 Å². The number of aromatic nitrogens is 1. The van der Waals surface area contributed by atoms with Gasteiger partial charge in [-0.3, -0.25) is 4.90 Å². The zero-order valence-electron chi connectivity index (χ0n) is 12.9. The summed E-state index contributed by atoms with van der Waals surface area (Å²) in [5.74, 6) is 0.0829. The van der Waals surface area contributed by atoms with Crippen LogP contribution in [0, 0.1) is 0 Å². The lowest BCUT2D eigenvalue weighted by atomic mass is 10.2. The van der Waals surface area contributed by atoms with Crippen molar-refractivity contribution in [3.05, 3.63) is 21.9 Å². The van der Waals surface area contributed by atoms with Crippen LogP contribution < -0.4 is 4.74 Å². The summed E-state index contributed by atoms with van der Waals surface area (Å²) >= 11 is 9.18. The van der Waals surface area contributed by atoms with Crippen molar-refractivity contribution in [2.45, 2.75) is 45.4 Å². The second-order valence-electron chi connectivity index (χ2n) is 6.19. The predicted molar refractivity (Wildman–Crippen MR) is 88.0 cm³/mol. The average molecular weight is 392 g/mol. The van der Waals surface area contributed by atoms with Gasteiger partial charge < -0.3 is 9.47 Å². The molecule has 0 radical (unpaired) electrons. The summed E-state index contributed by atoms with van der Waals surface area (Å²) in [6.45, 7) is 7.14. The Balaban J connectivity index is 2.16. The van der Waals surface area contributed by atoms with E-state index in [9.17, 15) is 4.79 Å². The van der Waals surface area contributed by atoms with Crippen LogP contribution in [0.25, 0.3) is 0 Å². The molecule has 0 aromatic carbocycles. The highest BCUT2D eigenvalue weighted by molar-refractivity contribution is 9.10. The number of ether oxygens (including phenoxy) is 2. The quantitative estimate of drug-likeness (QED) is 0.579. The zero-order valence-corrected chi connectivity index (χ0v) is 15.3. The normalized spacial score (nSPS) is 17.3. The van der Waals surface area contributed by atoms with E-state index in [2.05, 4.69) is 20.9 Å². The van der Waals surface area contributed by atoms with Gasteiger partial charge in [0, 0.05) is 13.1 Å². The van der Waals surface area contributed by atoms with Gasteiger partial charge >= 0.3 is 5.97 Å². The van der Waals surface area contributed by atoms with Crippen molar-refractivity contribution in [1.82, 2.24) is 9.88 Å². The Bertz CT molecular complexity index is 542. The molecule has 122 valence electrons. The molecule has 1 fully saturated rings. The summed E-state index contributed by atoms with van der Waals surface area (Å²) in [5, 5.41) is 0.349. The van der Waals surface area contributed by atoms with Crippen LogP contribution in [-0.4, -0.2) is 40.8 Å². The van der Waals surface area contributed by atoms with Crippen molar-refractivity contribution in [2.24, 2.45) is 0 Å². The lowest BCUT2D eigenvalue weighted by Gasteiger charge is -2.29. The molecule has 7 heteroatoms. The number of likely N-dealkylation sites (tertiary alicyclic amines) is 1. The van der Waals surface area contributed by atoms with E-state index in [4.69, 9.17) is 21.1 Å². The SMILES string of the molecule is CC(C)(C)OC(=O)[C@@H](Oc1cnc(Cl)c(Br)c1)N1CCCC1. The monoisotopic (exact) mass is 390 g/mol. The average Bonchev–Trinajstić information content (AvgIpc) is 2.91. The minimum absolute atomic E-state index is 0.349. The lowest BCUT2D eigenvalue weighted by molar-refractivity contribution is -0.172. The van der Waals surface area contributed by atoms with Crippen LogP contribution in [0.3, 0.4) is 0 Å². The number of hydrogen-bond donors (Lipinski definition) is 0. The van der Waals surface area contributed by atoms with E-state index in [1.165, 1.54) is 6.20 Å². The molecule has 0 amide bonds. The number of carbonyl (C=O) groups is 1. The maximum absolute atomic E-state index is 12.5. The third kappa shape index (κ3) is 4.83. The first-order chi connectivity index (χ1) is 10.3. The summed E-state index contributed by atoms with van der Waals surface area (Å²) in [5.41, 5.74) is -0.558. The van der Waals surface area contributed by atoms with Gasteiger partial charge in [0.2, 0.25) is 0 Å². The van der Waals surface area contributed by atoms with Gasteiger partial charge in [0.15, 0.2) is 0 Å². The Labute approximate surface area is 144 Å². The highest BCUT2D eigenvalue weighted by Crippen LogP contribution is 2.26. The molecule has 2 heterocycles. The van der Waals surface area contributed by atoms with Gasteiger partial charge in [-0.25, -0.2) is 9.78 Å². The molecular formula is C15H20BrClN2O3. The van der Waals surface area contributed by atoms with E-state index < -0.39 is 11.8 Å². The van der Waals surface area contributed by atoms with E-state index in [0.717, 1.165) is 25.9 Å². The molecule has 0 unspecified atom stereocenters. The molecule has 1 aliphatic heterocycles. The van der Waals surface area contributed by atoms with Gasteiger partial charge in [0.05, 0.1) is 10.7 Å². The summed E-state index contributed by atoms with van der Waals surface area (Å²) in [6, 6.07) is 1.70. The molecule has 2 rings (SSSR count). The van der Waals surface area contributed by atoms with Gasteiger partial charge in [0.25, 0.3) is 6.23 Å². The van der Waals surface area contributed by atoms with Gasteiger partial charge in [-0.05, 0) is 55.6 Å². The fourth-order valence-electron chi connectivity index (χ4n) is 2.20. The van der Waals surface area contributed by atoms with Crippen LogP contribution in [0.5, 0.6) is 5.75 Å². The molecule has 1 aromatic heterocycles. The number of pyridine rings is 1. The Hall–Kier alpha value is -0.850. The number of esters is 1. The number of halogens is 2. The lowest BCUT2D eigenvalue weighted by Crippen LogP contribution is -2.46. The largest absolute Gasteiger partial charge is 0.462 e. The standard InChI is InChI=1S/C15H20BrClN2O3/c1-15(2,3)22-14(20)13(19-6-4-5-7-19)21-10-8-11(16)12(17)18-9-10/h8-9,13H,4-7H2,1-3H3/t13-/m1/s1. The molecule has 5 nitrogen and oxygen atoms in total. The Morgan fingerprint density at radius 3 is 2.59 bits per heavy atom. The summed E-state index contributed by atoms with van der Waals surface area (Å²) < 4.78 is 11.9. The fourth-order valence-corrected chi connectivity index (χ4v) is 2.63. The van der Waals surface area contributed by atoms with Crippen LogP contribution >= 0.6 is 27.5 Å². The molecule has 0 bridgehead atoms. The second-order valence-corrected chi connectivity index (χ2v) is 7.40. The van der Waals surface area contributed by atoms with Crippen molar-refractivity contribution in [2.75, 3.05) is 13.1 Å². The number of carbonyl (C=O) groups excluding carboxylic acids is 1. The van der Waals surface area contributed by atoms with Crippen molar-refractivity contribution in [3.63, 3.8) is 0 Å². The third-order valence-corrected chi connectivity index (χ3v) is 4.23. The van der Waals surface area contributed by atoms with Crippen molar-refractivity contribution in [3.8, 4) is 5.75 Å². The maximum atomic E-state index is 12.5. The highest BCUT2D eigenvalue weighted by Gasteiger charge is 2.34. The van der Waals surface area contributed by atoms with Crippen LogP contribution in [0.15, 0.2) is 16.7 Å². The van der Waals surface area contributed by atoms with E-state index in [-0.39, 0.29) is 5.97 Å². The van der Waals surface area contributed by atoms with Gasteiger partial charge in [-0.15, -0.1) is 0 Å². The summed E-state index contributed by atoms with van der Waals surface area (Å²) in [4.78, 5) is 18.5. The molecule has 0 N–H and O–H groups in total. The van der Waals surface area contributed by atoms with Crippen molar-refractivity contribution >= 4 is 33.5 Å². The maximum Gasteiger partial charge on any atom is 0.363 e. The van der Waals surface area contributed by atoms with E-state index >= 15 is 0 Å². The molecule has 1 aliphatic rings. The van der Waals surface area contributed by atoms with Crippen LogP contribution in [0.1, 0.15) is 33.6 Å². The minimum Gasteiger partial charge on any atom is -0.462 e. The Morgan fingerprint density at radius 2 is 2.05 bits per heavy atom. The highest BCUT2D eigenvalue weighted by atomic mass is 79.9. The minimum atomic E-state index is -0.767. The van der Waals surface area contributed by atoms with Crippen LogP contribution in [0.2, 0.25) is 5.15 Å². The molecule has 1 aromatic rings. The third-order valence-electron chi connectivity index (χ3n) is 3.10. The predicted octanol–water partition coefficient (Wildman–Crippen LogP) is 3.64. The molecule has 1 atom stereocenters. The molecule has 1 saturated heterocycles. The topological polar surface area (TPSA) is 51.7 Å². The second kappa shape index (κ2) is 7.15. The first-order valence-electron chi connectivity index (χ1n) is 7.21. The van der Waals surface area contributed by atoms with Gasteiger partial charge in [-0.1, -0.05) is 11.6 Å². The Kier molecular flexibility index (Phi) is 5.69. The van der Waals surface area contributed by atoms with Crippen LogP contribution in [-0.2, 0) is 9.53 Å². The van der Waals surface area contributed by atoms with E-state index in [1.807, 2.05) is 25.7 Å². The van der Waals surface area contributed by atoms with Crippen LogP contribution in [0.4, 0.5) is 0 Å².